The molecule has 6 nitrogen and oxygen atoms in total. The first-order chi connectivity index (χ1) is 16.7. The minimum absolute atomic E-state index is 0.0545. The van der Waals surface area contributed by atoms with E-state index < -0.39 is 0 Å². The van der Waals surface area contributed by atoms with Gasteiger partial charge in [-0.2, -0.15) is 5.10 Å². The lowest BCUT2D eigenvalue weighted by Crippen LogP contribution is -2.42. The lowest BCUT2D eigenvalue weighted by Gasteiger charge is -2.29. The summed E-state index contributed by atoms with van der Waals surface area (Å²) in [5.74, 6) is 0.343. The average molecular weight is 459 g/mol. The highest BCUT2D eigenvalue weighted by molar-refractivity contribution is 5.94. The lowest BCUT2D eigenvalue weighted by molar-refractivity contribution is 0.0297. The first-order valence-electron chi connectivity index (χ1n) is 12.5. The van der Waals surface area contributed by atoms with Gasteiger partial charge in [0, 0.05) is 49.4 Å². The number of nitrogens with zero attached hydrogens (tertiary/aromatic N) is 3. The highest BCUT2D eigenvalue weighted by Gasteiger charge is 2.31. The van der Waals surface area contributed by atoms with E-state index in [-0.39, 0.29) is 11.8 Å². The lowest BCUT2D eigenvalue weighted by atomic mass is 9.88. The molecule has 2 aromatic carbocycles. The summed E-state index contributed by atoms with van der Waals surface area (Å²) in [4.78, 5) is 15.2. The van der Waals surface area contributed by atoms with Crippen LogP contribution in [0, 0.1) is 0 Å². The van der Waals surface area contributed by atoms with Gasteiger partial charge in [0.2, 0.25) is 0 Å². The number of carbonyl (C=O) groups is 1. The number of hydrogen-bond acceptors (Lipinski definition) is 4. The van der Waals surface area contributed by atoms with Crippen molar-refractivity contribution in [1.82, 2.24) is 20.0 Å². The fraction of sp³-hybridized carbons (Fsp3) is 0.429. The maximum atomic E-state index is 13.3. The van der Waals surface area contributed by atoms with Crippen molar-refractivity contribution in [3.8, 4) is 0 Å². The number of aromatic nitrogens is 2. The molecular weight excluding hydrogens is 424 g/mol. The van der Waals surface area contributed by atoms with Crippen LogP contribution in [0.3, 0.4) is 0 Å². The van der Waals surface area contributed by atoms with Crippen LogP contribution in [-0.4, -0.2) is 59.5 Å². The molecule has 1 atom stereocenters. The number of morpholine rings is 1. The molecule has 0 bridgehead atoms. The van der Waals surface area contributed by atoms with Crippen LogP contribution in [0.5, 0.6) is 0 Å². The van der Waals surface area contributed by atoms with E-state index in [2.05, 4.69) is 72.9 Å². The molecule has 6 heteroatoms. The minimum atomic E-state index is 0.0545. The van der Waals surface area contributed by atoms with E-state index >= 15 is 0 Å². The fourth-order valence-electron chi connectivity index (χ4n) is 5.29. The molecule has 0 radical (unpaired) electrons. The molecular formula is C28H34N4O2. The maximum absolute atomic E-state index is 13.3. The largest absolute Gasteiger partial charge is 0.378 e. The van der Waals surface area contributed by atoms with Gasteiger partial charge in [-0.15, -0.1) is 0 Å². The summed E-state index contributed by atoms with van der Waals surface area (Å²) in [5.41, 5.74) is 5.66. The van der Waals surface area contributed by atoms with Gasteiger partial charge in [-0.05, 0) is 37.3 Å². The molecule has 1 aliphatic carbocycles. The normalized spacial score (nSPS) is 18.2. The third-order valence-corrected chi connectivity index (χ3v) is 7.16. The number of benzene rings is 2. The Hall–Kier alpha value is -2.96. The van der Waals surface area contributed by atoms with Crippen LogP contribution < -0.4 is 5.32 Å². The van der Waals surface area contributed by atoms with Crippen molar-refractivity contribution >= 4 is 5.91 Å². The zero-order valence-corrected chi connectivity index (χ0v) is 20.0. The van der Waals surface area contributed by atoms with Crippen LogP contribution in [0.4, 0.5) is 0 Å². The molecule has 1 amide bonds. The van der Waals surface area contributed by atoms with Gasteiger partial charge in [-0.25, -0.2) is 0 Å². The SMILES string of the molecule is CCn1nc(C(=O)N2CCOCC2)c2c1CC[C@H](NCC(c1ccccc1)c1ccccc1)C2. The minimum Gasteiger partial charge on any atom is -0.378 e. The number of carbonyl (C=O) groups excluding carboxylic acids is 1. The first kappa shape index (κ1) is 22.8. The Bertz CT molecular complexity index is 1050. The molecule has 178 valence electrons. The molecule has 1 fully saturated rings. The Kier molecular flexibility index (Phi) is 7.07. The second-order valence-electron chi connectivity index (χ2n) is 9.22. The Balaban J connectivity index is 1.34. The summed E-state index contributed by atoms with van der Waals surface area (Å²) in [6.45, 7) is 6.25. The van der Waals surface area contributed by atoms with Gasteiger partial charge in [-0.1, -0.05) is 60.7 Å². The van der Waals surface area contributed by atoms with Crippen LogP contribution in [0.2, 0.25) is 0 Å². The zero-order valence-electron chi connectivity index (χ0n) is 20.0. The quantitative estimate of drug-likeness (QED) is 0.587. The van der Waals surface area contributed by atoms with E-state index in [1.54, 1.807) is 0 Å². The average Bonchev–Trinajstić information content (AvgIpc) is 3.28. The van der Waals surface area contributed by atoms with Crippen molar-refractivity contribution < 1.29 is 9.53 Å². The van der Waals surface area contributed by atoms with Gasteiger partial charge in [0.25, 0.3) is 5.91 Å². The number of rotatable bonds is 7. The number of fused-ring (bicyclic) bond motifs is 1. The maximum Gasteiger partial charge on any atom is 0.274 e. The number of hydrogen-bond donors (Lipinski definition) is 1. The van der Waals surface area contributed by atoms with Gasteiger partial charge >= 0.3 is 0 Å². The molecule has 1 N–H and O–H groups in total. The fourth-order valence-corrected chi connectivity index (χ4v) is 5.29. The molecule has 1 aromatic heterocycles. The van der Waals surface area contributed by atoms with E-state index in [1.165, 1.54) is 16.8 Å². The molecule has 1 saturated heterocycles. The molecule has 3 aromatic rings. The molecule has 5 rings (SSSR count). The topological polar surface area (TPSA) is 59.4 Å². The standard InChI is InChI=1S/C28H34N4O2/c1-2-32-26-14-13-23(19-24(26)27(30-32)28(33)31-15-17-34-18-16-31)29-20-25(21-9-5-3-6-10-21)22-11-7-4-8-12-22/h3-12,23,25,29H,2,13-20H2,1H3/t23-/m0/s1. The van der Waals surface area contributed by atoms with Gasteiger partial charge in [0.05, 0.1) is 13.2 Å². The molecule has 0 saturated carbocycles. The summed E-state index contributed by atoms with van der Waals surface area (Å²) in [5, 5.41) is 8.62. The highest BCUT2D eigenvalue weighted by atomic mass is 16.5. The Morgan fingerprint density at radius 1 is 1.06 bits per heavy atom. The van der Waals surface area contributed by atoms with Crippen LogP contribution in [0.25, 0.3) is 0 Å². The summed E-state index contributed by atoms with van der Waals surface area (Å²) in [6.07, 6.45) is 2.85. The number of ether oxygens (including phenoxy) is 1. The molecule has 2 aliphatic rings. The van der Waals surface area contributed by atoms with Crippen LogP contribution in [0.1, 0.15) is 52.1 Å². The Morgan fingerprint density at radius 2 is 1.71 bits per heavy atom. The third kappa shape index (κ3) is 4.79. The Morgan fingerprint density at radius 3 is 2.32 bits per heavy atom. The van der Waals surface area contributed by atoms with E-state index in [1.807, 2.05) is 9.58 Å². The predicted octanol–water partition coefficient (Wildman–Crippen LogP) is 3.65. The van der Waals surface area contributed by atoms with Crippen molar-refractivity contribution in [1.29, 1.82) is 0 Å². The van der Waals surface area contributed by atoms with Gasteiger partial charge in [-0.3, -0.25) is 9.48 Å². The predicted molar refractivity (Wildman–Crippen MR) is 133 cm³/mol. The zero-order chi connectivity index (χ0) is 23.3. The second kappa shape index (κ2) is 10.5. The number of amides is 1. The third-order valence-electron chi connectivity index (χ3n) is 7.16. The van der Waals surface area contributed by atoms with E-state index in [9.17, 15) is 4.79 Å². The molecule has 0 unspecified atom stereocenters. The van der Waals surface area contributed by atoms with Crippen molar-refractivity contribution in [3.63, 3.8) is 0 Å². The molecule has 34 heavy (non-hydrogen) atoms. The van der Waals surface area contributed by atoms with Gasteiger partial charge in [0.15, 0.2) is 5.69 Å². The van der Waals surface area contributed by atoms with E-state index in [0.717, 1.165) is 37.9 Å². The van der Waals surface area contributed by atoms with E-state index in [4.69, 9.17) is 9.84 Å². The van der Waals surface area contributed by atoms with E-state index in [0.29, 0.717) is 38.0 Å². The highest BCUT2D eigenvalue weighted by Crippen LogP contribution is 2.28. The van der Waals surface area contributed by atoms with Gasteiger partial charge in [0.1, 0.15) is 0 Å². The first-order valence-corrected chi connectivity index (χ1v) is 12.5. The molecule has 0 spiro atoms. The van der Waals surface area contributed by atoms with Crippen molar-refractivity contribution in [2.75, 3.05) is 32.8 Å². The van der Waals surface area contributed by atoms with Crippen molar-refractivity contribution in [2.45, 2.75) is 44.7 Å². The van der Waals surface area contributed by atoms with Crippen LogP contribution in [0.15, 0.2) is 60.7 Å². The monoisotopic (exact) mass is 458 g/mol. The van der Waals surface area contributed by atoms with Crippen molar-refractivity contribution in [2.24, 2.45) is 0 Å². The number of aryl methyl sites for hydroxylation is 1. The summed E-state index contributed by atoms with van der Waals surface area (Å²) < 4.78 is 7.48. The summed E-state index contributed by atoms with van der Waals surface area (Å²) in [7, 11) is 0. The summed E-state index contributed by atoms with van der Waals surface area (Å²) in [6, 6.07) is 21.8. The van der Waals surface area contributed by atoms with Crippen molar-refractivity contribution in [3.05, 3.63) is 88.7 Å². The summed E-state index contributed by atoms with van der Waals surface area (Å²) >= 11 is 0. The molecule has 2 heterocycles. The second-order valence-corrected chi connectivity index (χ2v) is 9.22. The number of nitrogens with one attached hydrogen (secondary N) is 1. The molecule has 1 aliphatic heterocycles. The smallest absolute Gasteiger partial charge is 0.274 e. The van der Waals surface area contributed by atoms with Crippen LogP contribution in [-0.2, 0) is 24.1 Å². The van der Waals surface area contributed by atoms with Gasteiger partial charge < -0.3 is 15.0 Å². The van der Waals surface area contributed by atoms with Crippen LogP contribution >= 0.6 is 0 Å². The Labute approximate surface area is 201 Å².